The molecule has 21 heavy (non-hydrogen) atoms. The van der Waals surface area contributed by atoms with Crippen LogP contribution in [0.2, 0.25) is 0 Å². The van der Waals surface area contributed by atoms with Crippen molar-refractivity contribution in [2.24, 2.45) is 0 Å². The average molecular weight is 292 g/mol. The summed E-state index contributed by atoms with van der Waals surface area (Å²) in [7, 11) is 0. The Bertz CT molecular complexity index is 778. The number of hydrogen-bond donors (Lipinski definition) is 4. The van der Waals surface area contributed by atoms with Crippen molar-refractivity contribution in [3.8, 4) is 12.3 Å². The monoisotopic (exact) mass is 292 g/mol. The van der Waals surface area contributed by atoms with Crippen molar-refractivity contribution in [3.05, 3.63) is 23.0 Å². The minimum absolute atomic E-state index is 0.0602. The number of aromatic amines is 1. The van der Waals surface area contributed by atoms with E-state index in [4.69, 9.17) is 11.2 Å². The van der Waals surface area contributed by atoms with Gasteiger partial charge in [-0.25, -0.2) is 9.97 Å². The van der Waals surface area contributed by atoms with Gasteiger partial charge in [0.1, 0.15) is 12.2 Å². The van der Waals surface area contributed by atoms with Gasteiger partial charge in [0.05, 0.1) is 19.3 Å². The van der Waals surface area contributed by atoms with E-state index >= 15 is 0 Å². The summed E-state index contributed by atoms with van der Waals surface area (Å²) < 4.78 is 6.68. The van der Waals surface area contributed by atoms with Gasteiger partial charge in [0, 0.05) is 0 Å². The zero-order valence-corrected chi connectivity index (χ0v) is 10.7. The van der Waals surface area contributed by atoms with Gasteiger partial charge in [0.25, 0.3) is 5.56 Å². The van der Waals surface area contributed by atoms with Crippen molar-refractivity contribution in [1.29, 1.82) is 0 Å². The van der Waals surface area contributed by atoms with Gasteiger partial charge >= 0.3 is 0 Å². The Balaban J connectivity index is 2.11. The molecular formula is C12H12N4O5. The molecule has 3 rings (SSSR count). The van der Waals surface area contributed by atoms with Gasteiger partial charge in [-0.15, -0.1) is 6.42 Å². The molecule has 1 saturated heterocycles. The molecule has 1 aliphatic rings. The van der Waals surface area contributed by atoms with E-state index in [0.717, 1.165) is 0 Å². The predicted molar refractivity (Wildman–Crippen MR) is 68.9 cm³/mol. The number of ether oxygens (including phenoxy) is 1. The summed E-state index contributed by atoms with van der Waals surface area (Å²) in [4.78, 5) is 21.8. The maximum Gasteiger partial charge on any atom is 0.278 e. The number of H-pyrrole nitrogens is 1. The number of terminal acetylenes is 1. The fourth-order valence-electron chi connectivity index (χ4n) is 2.38. The summed E-state index contributed by atoms with van der Waals surface area (Å²) in [6.07, 6.45) is 3.86. The van der Waals surface area contributed by atoms with Crippen molar-refractivity contribution in [2.45, 2.75) is 24.0 Å². The first kappa shape index (κ1) is 13.7. The van der Waals surface area contributed by atoms with Crippen LogP contribution in [0, 0.1) is 12.3 Å². The Hall–Kier alpha value is -2.25. The molecule has 1 fully saturated rings. The van der Waals surface area contributed by atoms with Gasteiger partial charge in [-0.1, -0.05) is 5.92 Å². The molecule has 0 spiro atoms. The fourth-order valence-corrected chi connectivity index (χ4v) is 2.38. The second-order valence-electron chi connectivity index (χ2n) is 4.67. The summed E-state index contributed by atoms with van der Waals surface area (Å²) in [5, 5.41) is 29.7. The molecule has 0 radical (unpaired) electrons. The van der Waals surface area contributed by atoms with E-state index in [1.165, 1.54) is 17.2 Å². The molecule has 0 amide bonds. The maximum atomic E-state index is 11.6. The lowest BCUT2D eigenvalue weighted by Gasteiger charge is -2.23. The first-order valence-electron chi connectivity index (χ1n) is 6.07. The summed E-state index contributed by atoms with van der Waals surface area (Å²) in [5.41, 5.74) is -2.26. The van der Waals surface area contributed by atoms with Crippen molar-refractivity contribution in [1.82, 2.24) is 19.5 Å². The zero-order valence-electron chi connectivity index (χ0n) is 10.7. The lowest BCUT2D eigenvalue weighted by molar-refractivity contribution is -0.0605. The molecule has 110 valence electrons. The zero-order chi connectivity index (χ0) is 15.2. The highest BCUT2D eigenvalue weighted by Gasteiger charge is 2.55. The van der Waals surface area contributed by atoms with E-state index in [-0.39, 0.29) is 11.2 Å². The highest BCUT2D eigenvalue weighted by atomic mass is 16.6. The standard InChI is InChI=1S/C12H12N4O5/c1-2-12(20)6(3-17)21-11(8(12)18)16-5-15-7-9(16)13-4-14-10(7)19/h1,4-6,8,11,17-18,20H,3H2,(H,13,14,19)/t6-,8?,11-,12-/m1/s1. The maximum absolute atomic E-state index is 11.6. The minimum atomic E-state index is -2.04. The van der Waals surface area contributed by atoms with Gasteiger partial charge in [0.2, 0.25) is 0 Å². The average Bonchev–Trinajstić information content (AvgIpc) is 3.01. The van der Waals surface area contributed by atoms with Crippen LogP contribution in [0.15, 0.2) is 17.4 Å². The molecule has 4 N–H and O–H groups in total. The lowest BCUT2D eigenvalue weighted by Crippen LogP contribution is -2.47. The topological polar surface area (TPSA) is 133 Å². The van der Waals surface area contributed by atoms with Crippen LogP contribution in [0.3, 0.4) is 0 Å². The number of aromatic nitrogens is 4. The molecule has 1 unspecified atom stereocenters. The Morgan fingerprint density at radius 1 is 1.57 bits per heavy atom. The second kappa shape index (κ2) is 4.64. The molecule has 0 bridgehead atoms. The van der Waals surface area contributed by atoms with Crippen molar-refractivity contribution < 1.29 is 20.1 Å². The molecule has 9 nitrogen and oxygen atoms in total. The molecule has 1 aliphatic heterocycles. The van der Waals surface area contributed by atoms with Crippen LogP contribution in [-0.2, 0) is 4.74 Å². The number of aliphatic hydroxyl groups is 3. The third-order valence-electron chi connectivity index (χ3n) is 3.55. The van der Waals surface area contributed by atoms with E-state index < -0.39 is 36.2 Å². The fraction of sp³-hybridized carbons (Fsp3) is 0.417. The number of imidazole rings is 1. The molecule has 2 aromatic heterocycles. The van der Waals surface area contributed by atoms with Gasteiger partial charge in [0.15, 0.2) is 23.0 Å². The summed E-state index contributed by atoms with van der Waals surface area (Å²) in [6.45, 7) is -0.575. The van der Waals surface area contributed by atoms with Crippen LogP contribution in [0.5, 0.6) is 0 Å². The number of nitrogens with one attached hydrogen (secondary N) is 1. The third-order valence-corrected chi connectivity index (χ3v) is 3.55. The Morgan fingerprint density at radius 3 is 2.95 bits per heavy atom. The summed E-state index contributed by atoms with van der Waals surface area (Å²) >= 11 is 0. The quantitative estimate of drug-likeness (QED) is 0.459. The Kier molecular flexibility index (Phi) is 3.03. The molecule has 9 heteroatoms. The predicted octanol–water partition coefficient (Wildman–Crippen LogP) is -2.27. The molecule has 3 heterocycles. The third kappa shape index (κ3) is 1.78. The van der Waals surface area contributed by atoms with Crippen LogP contribution in [0.4, 0.5) is 0 Å². The molecule has 0 aliphatic carbocycles. The number of nitrogens with zero attached hydrogens (tertiary/aromatic N) is 3. The highest BCUT2D eigenvalue weighted by Crippen LogP contribution is 2.37. The number of hydrogen-bond acceptors (Lipinski definition) is 7. The van der Waals surface area contributed by atoms with Gasteiger partial charge in [-0.05, 0) is 0 Å². The van der Waals surface area contributed by atoms with Gasteiger partial charge in [-0.2, -0.15) is 0 Å². The van der Waals surface area contributed by atoms with E-state index in [9.17, 15) is 20.1 Å². The van der Waals surface area contributed by atoms with E-state index in [2.05, 4.69) is 15.0 Å². The number of fused-ring (bicyclic) bond motifs is 1. The van der Waals surface area contributed by atoms with E-state index in [1.807, 2.05) is 5.92 Å². The van der Waals surface area contributed by atoms with E-state index in [1.54, 1.807) is 0 Å². The van der Waals surface area contributed by atoms with Gasteiger partial charge in [-0.3, -0.25) is 9.36 Å². The Labute approximate surface area is 117 Å². The molecule has 0 saturated carbocycles. The van der Waals surface area contributed by atoms with Crippen LogP contribution in [0.1, 0.15) is 6.23 Å². The number of aliphatic hydroxyl groups excluding tert-OH is 2. The Morgan fingerprint density at radius 2 is 2.33 bits per heavy atom. The van der Waals surface area contributed by atoms with Crippen molar-refractivity contribution in [2.75, 3.05) is 6.61 Å². The summed E-state index contributed by atoms with van der Waals surface area (Å²) in [6, 6.07) is 0. The van der Waals surface area contributed by atoms with Crippen LogP contribution < -0.4 is 5.56 Å². The lowest BCUT2D eigenvalue weighted by atomic mass is 9.93. The molecule has 2 aromatic rings. The number of rotatable bonds is 2. The normalized spacial score (nSPS) is 32.4. The molecule has 4 atom stereocenters. The van der Waals surface area contributed by atoms with Crippen LogP contribution in [-0.4, -0.2) is 59.3 Å². The van der Waals surface area contributed by atoms with E-state index in [0.29, 0.717) is 0 Å². The summed E-state index contributed by atoms with van der Waals surface area (Å²) in [5.74, 6) is 2.04. The molecular weight excluding hydrogens is 280 g/mol. The first-order chi connectivity index (χ1) is 10.0. The molecule has 0 aromatic carbocycles. The SMILES string of the molecule is C#C[C@]1(O)C(O)[C@H](n2cnc3c(=O)[nH]cnc32)O[C@@H]1CO. The first-order valence-corrected chi connectivity index (χ1v) is 6.07. The smallest absolute Gasteiger partial charge is 0.278 e. The van der Waals surface area contributed by atoms with Gasteiger partial charge < -0.3 is 25.0 Å². The highest BCUT2D eigenvalue weighted by molar-refractivity contribution is 5.68. The minimum Gasteiger partial charge on any atom is -0.394 e. The van der Waals surface area contributed by atoms with Crippen molar-refractivity contribution >= 4 is 11.2 Å². The van der Waals surface area contributed by atoms with Crippen molar-refractivity contribution in [3.63, 3.8) is 0 Å². The largest absolute Gasteiger partial charge is 0.394 e. The van der Waals surface area contributed by atoms with Crippen LogP contribution in [0.25, 0.3) is 11.2 Å². The second-order valence-corrected chi connectivity index (χ2v) is 4.67. The van der Waals surface area contributed by atoms with Crippen LogP contribution >= 0.6 is 0 Å².